The van der Waals surface area contributed by atoms with Crippen LogP contribution in [-0.4, -0.2) is 32.9 Å². The second kappa shape index (κ2) is 7.02. The molecular formula is C23H18O8. The molecule has 0 radical (unpaired) electrons. The minimum atomic E-state index is -1.67. The number of rotatable bonds is 5. The minimum absolute atomic E-state index is 0.0368. The Kier molecular flexibility index (Phi) is 4.57. The van der Waals surface area contributed by atoms with Crippen LogP contribution < -0.4 is 9.47 Å². The van der Waals surface area contributed by atoms with E-state index < -0.39 is 40.0 Å². The molecule has 158 valence electrons. The molecular weight excluding hydrogens is 404 g/mol. The maximum absolute atomic E-state index is 13.1. The number of aliphatic hydroxyl groups is 1. The number of carbonyl (C=O) groups excluding carboxylic acids is 2. The summed E-state index contributed by atoms with van der Waals surface area (Å²) in [5, 5.41) is 30.7. The molecule has 2 aliphatic rings. The molecule has 0 saturated carbocycles. The fraction of sp³-hybridized carbons (Fsp3) is 0.174. The molecule has 8 nitrogen and oxygen atoms in total. The number of phenols is 1. The fourth-order valence-electron chi connectivity index (χ4n) is 3.90. The van der Waals surface area contributed by atoms with E-state index in [0.717, 1.165) is 24.6 Å². The van der Waals surface area contributed by atoms with Crippen molar-refractivity contribution in [1.29, 1.82) is 0 Å². The van der Waals surface area contributed by atoms with Crippen molar-refractivity contribution in [3.05, 3.63) is 76.3 Å². The molecule has 1 aliphatic heterocycles. The first-order valence-corrected chi connectivity index (χ1v) is 9.35. The van der Waals surface area contributed by atoms with E-state index in [2.05, 4.69) is 0 Å². The van der Waals surface area contributed by atoms with E-state index in [1.165, 1.54) is 6.92 Å². The van der Waals surface area contributed by atoms with Gasteiger partial charge in [-0.3, -0.25) is 9.59 Å². The number of hydrogen-bond donors (Lipinski definition) is 3. The molecule has 1 atom stereocenters. The Bertz CT molecular complexity index is 1210. The average Bonchev–Trinajstić information content (AvgIpc) is 3.00. The molecule has 1 heterocycles. The Labute approximate surface area is 176 Å². The van der Waals surface area contributed by atoms with Crippen LogP contribution in [0.3, 0.4) is 0 Å². The van der Waals surface area contributed by atoms with Gasteiger partial charge in [0.25, 0.3) is 0 Å². The summed E-state index contributed by atoms with van der Waals surface area (Å²) in [5.41, 5.74) is -1.81. The predicted molar refractivity (Wildman–Crippen MR) is 107 cm³/mol. The summed E-state index contributed by atoms with van der Waals surface area (Å²) in [7, 11) is 0. The third-order valence-electron chi connectivity index (χ3n) is 5.44. The number of hydrogen-bond acceptors (Lipinski definition) is 7. The second-order valence-electron chi connectivity index (χ2n) is 7.43. The SMILES string of the molecule is CC(=O)C1=C(O)C=C2Oc3c(C(=O)O)c(OCc4ccccc4)cc(O)c3C2(C)C1=O. The highest BCUT2D eigenvalue weighted by Gasteiger charge is 2.55. The van der Waals surface area contributed by atoms with Gasteiger partial charge < -0.3 is 24.8 Å². The predicted octanol–water partition coefficient (Wildman–Crippen LogP) is 3.19. The number of phenolic OH excluding ortho intramolecular Hbond substituents is 1. The third kappa shape index (κ3) is 2.95. The Morgan fingerprint density at radius 2 is 1.84 bits per heavy atom. The van der Waals surface area contributed by atoms with Crippen molar-refractivity contribution in [2.24, 2.45) is 0 Å². The quantitative estimate of drug-likeness (QED) is 0.627. The molecule has 0 aromatic heterocycles. The molecule has 2 aromatic carbocycles. The Morgan fingerprint density at radius 3 is 2.45 bits per heavy atom. The van der Waals surface area contributed by atoms with Gasteiger partial charge in [-0.2, -0.15) is 0 Å². The maximum Gasteiger partial charge on any atom is 0.343 e. The number of carbonyl (C=O) groups is 3. The molecule has 2 aromatic rings. The van der Waals surface area contributed by atoms with Crippen LogP contribution in [0.2, 0.25) is 0 Å². The number of ether oxygens (including phenoxy) is 2. The van der Waals surface area contributed by atoms with Crippen molar-refractivity contribution < 1.29 is 39.2 Å². The van der Waals surface area contributed by atoms with Gasteiger partial charge in [0.2, 0.25) is 0 Å². The van der Waals surface area contributed by atoms with E-state index in [1.54, 1.807) is 24.3 Å². The smallest absolute Gasteiger partial charge is 0.343 e. The van der Waals surface area contributed by atoms with Crippen LogP contribution in [0, 0.1) is 0 Å². The van der Waals surface area contributed by atoms with E-state index in [1.807, 2.05) is 6.07 Å². The fourth-order valence-corrected chi connectivity index (χ4v) is 3.90. The van der Waals surface area contributed by atoms with E-state index in [9.17, 15) is 29.7 Å². The largest absolute Gasteiger partial charge is 0.507 e. The van der Waals surface area contributed by atoms with Gasteiger partial charge in [0.05, 0.1) is 5.56 Å². The number of ketones is 2. The molecule has 0 amide bonds. The molecule has 0 spiro atoms. The molecule has 31 heavy (non-hydrogen) atoms. The van der Waals surface area contributed by atoms with Gasteiger partial charge in [0, 0.05) is 12.1 Å². The molecule has 0 bridgehead atoms. The molecule has 3 N–H and O–H groups in total. The van der Waals surface area contributed by atoms with Gasteiger partial charge in [0.1, 0.15) is 46.2 Å². The van der Waals surface area contributed by atoms with Gasteiger partial charge in [-0.1, -0.05) is 30.3 Å². The number of Topliss-reactive ketones (excluding diaryl/α,β-unsaturated/α-hetero) is 2. The summed E-state index contributed by atoms with van der Waals surface area (Å²) < 4.78 is 11.3. The van der Waals surface area contributed by atoms with E-state index in [4.69, 9.17) is 9.47 Å². The zero-order chi connectivity index (χ0) is 22.5. The number of allylic oxidation sites excluding steroid dienone is 3. The molecule has 0 fully saturated rings. The van der Waals surface area contributed by atoms with Gasteiger partial charge in [0.15, 0.2) is 17.3 Å². The lowest BCUT2D eigenvalue weighted by atomic mass is 9.71. The third-order valence-corrected chi connectivity index (χ3v) is 5.44. The van der Waals surface area contributed by atoms with Gasteiger partial charge in [-0.05, 0) is 19.4 Å². The first-order valence-electron chi connectivity index (χ1n) is 9.35. The van der Waals surface area contributed by atoms with E-state index in [0.29, 0.717) is 0 Å². The standard InChI is InChI=1S/C23H18O8/c1-11(24)17-13(25)9-16-23(2,21(17)27)19-14(26)8-15(18(22(28)29)20(19)31-16)30-10-12-6-4-3-5-7-12/h3-9,25-26H,10H2,1-2H3,(H,28,29). The topological polar surface area (TPSA) is 130 Å². The number of carboxylic acid groups (broad SMARTS) is 1. The van der Waals surface area contributed by atoms with Gasteiger partial charge in [-0.15, -0.1) is 0 Å². The summed E-state index contributed by atoms with van der Waals surface area (Å²) in [5.74, 6) is -4.35. The van der Waals surface area contributed by atoms with Crippen LogP contribution in [0.4, 0.5) is 0 Å². The lowest BCUT2D eigenvalue weighted by molar-refractivity contribution is -0.123. The van der Waals surface area contributed by atoms with Crippen molar-refractivity contribution in [3.63, 3.8) is 0 Å². The highest BCUT2D eigenvalue weighted by molar-refractivity contribution is 6.25. The molecule has 4 rings (SSSR count). The van der Waals surface area contributed by atoms with Crippen molar-refractivity contribution in [2.45, 2.75) is 25.9 Å². The Balaban J connectivity index is 1.85. The molecule has 1 unspecified atom stereocenters. The molecule has 1 aliphatic carbocycles. The lowest BCUT2D eigenvalue weighted by Gasteiger charge is -2.27. The number of fused-ring (bicyclic) bond motifs is 3. The minimum Gasteiger partial charge on any atom is -0.507 e. The van der Waals surface area contributed by atoms with Crippen LogP contribution in [0.1, 0.15) is 35.3 Å². The van der Waals surface area contributed by atoms with Crippen LogP contribution in [0.5, 0.6) is 17.2 Å². The summed E-state index contributed by atoms with van der Waals surface area (Å²) in [6.45, 7) is 2.57. The number of aliphatic hydroxyl groups excluding tert-OH is 1. The second-order valence-corrected chi connectivity index (χ2v) is 7.43. The Morgan fingerprint density at radius 1 is 1.16 bits per heavy atom. The van der Waals surface area contributed by atoms with Crippen LogP contribution in [0.25, 0.3) is 0 Å². The highest BCUT2D eigenvalue weighted by Crippen LogP contribution is 2.56. The monoisotopic (exact) mass is 422 g/mol. The molecule has 0 saturated heterocycles. The molecule has 8 heteroatoms. The number of carboxylic acids is 1. The highest BCUT2D eigenvalue weighted by atomic mass is 16.5. The van der Waals surface area contributed by atoms with Crippen LogP contribution in [0.15, 0.2) is 59.6 Å². The van der Waals surface area contributed by atoms with E-state index in [-0.39, 0.29) is 35.0 Å². The zero-order valence-corrected chi connectivity index (χ0v) is 16.6. The normalized spacial score (nSPS) is 19.3. The summed E-state index contributed by atoms with van der Waals surface area (Å²) >= 11 is 0. The van der Waals surface area contributed by atoms with Crippen molar-refractivity contribution >= 4 is 17.5 Å². The van der Waals surface area contributed by atoms with Crippen LogP contribution in [-0.2, 0) is 21.6 Å². The maximum atomic E-state index is 13.1. The van der Waals surface area contributed by atoms with Gasteiger partial charge in [-0.25, -0.2) is 4.79 Å². The summed E-state index contributed by atoms with van der Waals surface area (Å²) in [6.07, 6.45) is 1.09. The number of benzene rings is 2. The van der Waals surface area contributed by atoms with Gasteiger partial charge >= 0.3 is 5.97 Å². The van der Waals surface area contributed by atoms with Crippen LogP contribution >= 0.6 is 0 Å². The first-order chi connectivity index (χ1) is 14.7. The van der Waals surface area contributed by atoms with Crippen molar-refractivity contribution in [1.82, 2.24) is 0 Å². The number of aromatic carboxylic acids is 1. The lowest BCUT2D eigenvalue weighted by Crippen LogP contribution is -2.38. The van der Waals surface area contributed by atoms with Crippen molar-refractivity contribution in [2.75, 3.05) is 0 Å². The Hall–Kier alpha value is -4.07. The summed E-state index contributed by atoms with van der Waals surface area (Å²) in [6, 6.07) is 10.1. The van der Waals surface area contributed by atoms with E-state index >= 15 is 0 Å². The number of aromatic hydroxyl groups is 1. The van der Waals surface area contributed by atoms with Crippen molar-refractivity contribution in [3.8, 4) is 17.2 Å². The summed E-state index contributed by atoms with van der Waals surface area (Å²) in [4.78, 5) is 37.1. The zero-order valence-electron chi connectivity index (χ0n) is 16.6. The average molecular weight is 422 g/mol. The first kappa shape index (κ1) is 20.2.